The molecule has 0 aromatic heterocycles. The minimum Gasteiger partial charge on any atom is -0.496 e. The summed E-state index contributed by atoms with van der Waals surface area (Å²) < 4.78 is 5.25. The van der Waals surface area contributed by atoms with E-state index in [1.807, 2.05) is 18.2 Å². The van der Waals surface area contributed by atoms with Crippen LogP contribution in [0.3, 0.4) is 0 Å². The van der Waals surface area contributed by atoms with Crippen LogP contribution >= 0.6 is 36.4 Å². The summed E-state index contributed by atoms with van der Waals surface area (Å²) in [7, 11) is 1.51. The lowest BCUT2D eigenvalue weighted by molar-refractivity contribution is 0.0937. The standard InChI is InChI=1S/C18H20ClN3O2.2ClH/c1-24-17-10-16(20)15(19)9-14(17)18(23)21-12-7-8-22(11-12)13-5-3-2-4-6-13;;/h2-6,9-10,12H,7-8,11,20H2,1H3,(H,21,23);2*1H. The lowest BCUT2D eigenvalue weighted by atomic mass is 10.1. The maximum Gasteiger partial charge on any atom is 0.255 e. The molecular formula is C18H22Cl3N3O2. The molecule has 1 atom stereocenters. The summed E-state index contributed by atoms with van der Waals surface area (Å²) in [5, 5.41) is 3.40. The number of anilines is 2. The quantitative estimate of drug-likeness (QED) is 0.741. The van der Waals surface area contributed by atoms with Gasteiger partial charge < -0.3 is 20.7 Å². The largest absolute Gasteiger partial charge is 0.496 e. The predicted molar refractivity (Wildman–Crippen MR) is 111 cm³/mol. The Morgan fingerprint density at radius 1 is 1.27 bits per heavy atom. The second-order valence-electron chi connectivity index (χ2n) is 5.81. The van der Waals surface area contributed by atoms with E-state index >= 15 is 0 Å². The van der Waals surface area contributed by atoms with Crippen molar-refractivity contribution in [2.75, 3.05) is 30.8 Å². The average Bonchev–Trinajstić information content (AvgIpc) is 3.06. The van der Waals surface area contributed by atoms with Crippen molar-refractivity contribution in [1.82, 2.24) is 5.32 Å². The van der Waals surface area contributed by atoms with E-state index in [1.165, 1.54) is 12.8 Å². The molecule has 8 heteroatoms. The van der Waals surface area contributed by atoms with Gasteiger partial charge in [-0.25, -0.2) is 0 Å². The van der Waals surface area contributed by atoms with Gasteiger partial charge in [0, 0.05) is 30.9 Å². The summed E-state index contributed by atoms with van der Waals surface area (Å²) >= 11 is 6.04. The van der Waals surface area contributed by atoms with Crippen LogP contribution < -0.4 is 20.7 Å². The van der Waals surface area contributed by atoms with Crippen LogP contribution in [0.1, 0.15) is 16.8 Å². The lowest BCUT2D eigenvalue weighted by Crippen LogP contribution is -2.37. The molecule has 26 heavy (non-hydrogen) atoms. The third-order valence-electron chi connectivity index (χ3n) is 4.21. The Morgan fingerprint density at radius 3 is 2.62 bits per heavy atom. The van der Waals surface area contributed by atoms with Gasteiger partial charge in [0.05, 0.1) is 23.4 Å². The second kappa shape index (κ2) is 9.76. The number of rotatable bonds is 4. The summed E-state index contributed by atoms with van der Waals surface area (Å²) in [4.78, 5) is 14.8. The number of hydrogen-bond acceptors (Lipinski definition) is 4. The molecule has 1 unspecified atom stereocenters. The molecule has 5 nitrogen and oxygen atoms in total. The van der Waals surface area contributed by atoms with E-state index in [-0.39, 0.29) is 36.8 Å². The van der Waals surface area contributed by atoms with Gasteiger partial charge in [-0.15, -0.1) is 24.8 Å². The summed E-state index contributed by atoms with van der Waals surface area (Å²) in [6.07, 6.45) is 0.894. The SMILES string of the molecule is COc1cc(N)c(Cl)cc1C(=O)NC1CCN(c2ccccc2)C1.Cl.Cl. The van der Waals surface area contributed by atoms with E-state index in [4.69, 9.17) is 22.1 Å². The number of ether oxygens (including phenoxy) is 1. The highest BCUT2D eigenvalue weighted by atomic mass is 35.5. The summed E-state index contributed by atoms with van der Waals surface area (Å²) in [5.41, 5.74) is 7.72. The summed E-state index contributed by atoms with van der Waals surface area (Å²) in [6.45, 7) is 1.69. The number of para-hydroxylation sites is 1. The summed E-state index contributed by atoms with van der Waals surface area (Å²) in [6, 6.07) is 13.4. The van der Waals surface area contributed by atoms with Gasteiger partial charge in [-0.1, -0.05) is 29.8 Å². The Hall–Kier alpha value is -1.82. The molecule has 3 rings (SSSR count). The van der Waals surface area contributed by atoms with Crippen LogP contribution in [0.15, 0.2) is 42.5 Å². The van der Waals surface area contributed by atoms with Gasteiger partial charge in [-0.2, -0.15) is 0 Å². The van der Waals surface area contributed by atoms with Crippen molar-refractivity contribution in [1.29, 1.82) is 0 Å². The van der Waals surface area contributed by atoms with Gasteiger partial charge in [0.2, 0.25) is 0 Å². The Bertz CT molecular complexity index is 744. The zero-order valence-corrected chi connectivity index (χ0v) is 16.7. The van der Waals surface area contributed by atoms with E-state index < -0.39 is 0 Å². The van der Waals surface area contributed by atoms with Crippen LogP contribution in [0.5, 0.6) is 5.75 Å². The number of halogens is 3. The Balaban J connectivity index is 0.00000169. The van der Waals surface area contributed by atoms with Crippen LogP contribution in [0.4, 0.5) is 11.4 Å². The molecule has 2 aromatic rings. The van der Waals surface area contributed by atoms with Gasteiger partial charge in [-0.3, -0.25) is 4.79 Å². The lowest BCUT2D eigenvalue weighted by Gasteiger charge is -2.19. The Labute approximate surface area is 170 Å². The first-order valence-corrected chi connectivity index (χ1v) is 8.20. The van der Waals surface area contributed by atoms with Crippen LogP contribution in [-0.2, 0) is 0 Å². The van der Waals surface area contributed by atoms with Crippen molar-refractivity contribution in [2.24, 2.45) is 0 Å². The number of benzene rings is 2. The van der Waals surface area contributed by atoms with Crippen LogP contribution in [-0.4, -0.2) is 32.1 Å². The number of nitrogens with two attached hydrogens (primary N) is 1. The number of nitrogen functional groups attached to an aromatic ring is 1. The zero-order chi connectivity index (χ0) is 17.1. The number of amides is 1. The number of nitrogens with one attached hydrogen (secondary N) is 1. The Morgan fingerprint density at radius 2 is 1.96 bits per heavy atom. The first kappa shape index (κ1) is 22.2. The minimum absolute atomic E-state index is 0. The molecule has 2 aromatic carbocycles. The molecule has 1 fully saturated rings. The molecule has 0 bridgehead atoms. The first-order valence-electron chi connectivity index (χ1n) is 7.82. The van der Waals surface area contributed by atoms with E-state index in [0.717, 1.165) is 19.5 Å². The summed E-state index contributed by atoms with van der Waals surface area (Å²) in [5.74, 6) is 0.223. The van der Waals surface area contributed by atoms with Crippen LogP contribution in [0.2, 0.25) is 5.02 Å². The number of carbonyl (C=O) groups is 1. The monoisotopic (exact) mass is 417 g/mol. The molecular weight excluding hydrogens is 397 g/mol. The number of hydrogen-bond donors (Lipinski definition) is 2. The minimum atomic E-state index is -0.200. The van der Waals surface area contributed by atoms with E-state index in [2.05, 4.69) is 22.3 Å². The third-order valence-corrected chi connectivity index (χ3v) is 4.54. The van der Waals surface area contributed by atoms with Crippen molar-refractivity contribution in [3.05, 3.63) is 53.1 Å². The molecule has 3 N–H and O–H groups in total. The van der Waals surface area contributed by atoms with Crippen molar-refractivity contribution in [3.8, 4) is 5.75 Å². The fourth-order valence-corrected chi connectivity index (χ4v) is 3.09. The van der Waals surface area contributed by atoms with E-state index in [0.29, 0.717) is 22.0 Å². The van der Waals surface area contributed by atoms with Gasteiger partial charge in [-0.05, 0) is 24.6 Å². The predicted octanol–water partition coefficient (Wildman–Crippen LogP) is 3.78. The van der Waals surface area contributed by atoms with Crippen molar-refractivity contribution >= 4 is 53.7 Å². The third kappa shape index (κ3) is 4.87. The molecule has 0 aliphatic carbocycles. The molecule has 0 spiro atoms. The molecule has 1 amide bonds. The van der Waals surface area contributed by atoms with Crippen molar-refractivity contribution < 1.29 is 9.53 Å². The highest BCUT2D eigenvalue weighted by molar-refractivity contribution is 6.33. The van der Waals surface area contributed by atoms with Crippen LogP contribution in [0, 0.1) is 0 Å². The second-order valence-corrected chi connectivity index (χ2v) is 6.22. The molecule has 0 saturated carbocycles. The fourth-order valence-electron chi connectivity index (χ4n) is 2.93. The van der Waals surface area contributed by atoms with E-state index in [9.17, 15) is 4.79 Å². The molecule has 0 radical (unpaired) electrons. The Kier molecular flexibility index (Phi) is 8.34. The van der Waals surface area contributed by atoms with Gasteiger partial charge in [0.15, 0.2) is 0 Å². The molecule has 1 saturated heterocycles. The van der Waals surface area contributed by atoms with E-state index in [1.54, 1.807) is 12.1 Å². The first-order chi connectivity index (χ1) is 11.6. The van der Waals surface area contributed by atoms with Gasteiger partial charge in [0.1, 0.15) is 5.75 Å². The maximum atomic E-state index is 12.6. The maximum absolute atomic E-state index is 12.6. The molecule has 1 aliphatic heterocycles. The highest BCUT2D eigenvalue weighted by Crippen LogP contribution is 2.29. The van der Waals surface area contributed by atoms with Crippen molar-refractivity contribution in [3.63, 3.8) is 0 Å². The normalized spacial score (nSPS) is 15.6. The smallest absolute Gasteiger partial charge is 0.255 e. The van der Waals surface area contributed by atoms with Crippen LogP contribution in [0.25, 0.3) is 0 Å². The highest BCUT2D eigenvalue weighted by Gasteiger charge is 2.25. The number of carbonyl (C=O) groups excluding carboxylic acids is 1. The molecule has 1 aliphatic rings. The zero-order valence-electron chi connectivity index (χ0n) is 14.3. The number of methoxy groups -OCH3 is 1. The fraction of sp³-hybridized carbons (Fsp3) is 0.278. The van der Waals surface area contributed by atoms with Gasteiger partial charge >= 0.3 is 0 Å². The van der Waals surface area contributed by atoms with Crippen molar-refractivity contribution in [2.45, 2.75) is 12.5 Å². The van der Waals surface area contributed by atoms with Gasteiger partial charge in [0.25, 0.3) is 5.91 Å². The topological polar surface area (TPSA) is 67.6 Å². The molecule has 1 heterocycles. The average molecular weight is 419 g/mol. The number of nitrogens with zero attached hydrogens (tertiary/aromatic N) is 1. The molecule has 142 valence electrons.